The van der Waals surface area contributed by atoms with Gasteiger partial charge in [-0.25, -0.2) is 0 Å². The molecule has 1 aromatic heterocycles. The zero-order chi connectivity index (χ0) is 11.4. The average Bonchev–Trinajstić information content (AvgIpc) is 2.69. The van der Waals surface area contributed by atoms with E-state index in [9.17, 15) is 4.79 Å². The van der Waals surface area contributed by atoms with Crippen molar-refractivity contribution in [3.05, 3.63) is 17.9 Å². The number of aliphatic hydroxyl groups excluding tert-OH is 1. The van der Waals surface area contributed by atoms with Crippen molar-refractivity contribution in [3.8, 4) is 0 Å². The standard InChI is InChI=1S/C12H17NO3/c14-8-2-7-13(10-3-1-4-10)12-6-5-11(9-15)16-12/h5-6,9-10,14H,1-4,7-8H2. The SMILES string of the molecule is O=Cc1ccc(N(CCCO)C2CCC2)o1. The quantitative estimate of drug-likeness (QED) is 0.747. The summed E-state index contributed by atoms with van der Waals surface area (Å²) in [6, 6.07) is 4.03. The van der Waals surface area contributed by atoms with Gasteiger partial charge in [0.15, 0.2) is 17.9 Å². The first-order chi connectivity index (χ1) is 7.85. The highest BCUT2D eigenvalue weighted by Gasteiger charge is 2.26. The van der Waals surface area contributed by atoms with Crippen LogP contribution in [0.1, 0.15) is 36.2 Å². The third kappa shape index (κ3) is 2.27. The van der Waals surface area contributed by atoms with Crippen LogP contribution < -0.4 is 4.90 Å². The van der Waals surface area contributed by atoms with Gasteiger partial charge in [-0.15, -0.1) is 0 Å². The third-order valence-electron chi connectivity index (χ3n) is 3.08. The lowest BCUT2D eigenvalue weighted by Gasteiger charge is -2.37. The summed E-state index contributed by atoms with van der Waals surface area (Å²) in [6.45, 7) is 0.970. The Hall–Kier alpha value is -1.29. The minimum Gasteiger partial charge on any atom is -0.438 e. The number of anilines is 1. The molecule has 0 spiro atoms. The maximum absolute atomic E-state index is 10.6. The summed E-state index contributed by atoms with van der Waals surface area (Å²) in [4.78, 5) is 12.7. The first-order valence-corrected chi connectivity index (χ1v) is 5.77. The van der Waals surface area contributed by atoms with Crippen LogP contribution in [0.25, 0.3) is 0 Å². The molecule has 4 nitrogen and oxygen atoms in total. The van der Waals surface area contributed by atoms with Gasteiger partial charge in [0.05, 0.1) is 0 Å². The number of aliphatic hydroxyl groups is 1. The number of rotatable bonds is 6. The lowest BCUT2D eigenvalue weighted by molar-refractivity contribution is 0.110. The molecule has 1 heterocycles. The fourth-order valence-electron chi connectivity index (χ4n) is 1.97. The molecule has 16 heavy (non-hydrogen) atoms. The molecule has 0 atom stereocenters. The molecule has 1 N–H and O–H groups in total. The van der Waals surface area contributed by atoms with Crippen LogP contribution in [0.4, 0.5) is 5.88 Å². The van der Waals surface area contributed by atoms with Gasteiger partial charge in [0.25, 0.3) is 0 Å². The van der Waals surface area contributed by atoms with Crippen LogP contribution in [-0.4, -0.2) is 30.6 Å². The second kappa shape index (κ2) is 5.16. The van der Waals surface area contributed by atoms with E-state index in [-0.39, 0.29) is 6.61 Å². The monoisotopic (exact) mass is 223 g/mol. The molecule has 1 aliphatic carbocycles. The Bertz CT molecular complexity index is 344. The Balaban J connectivity index is 2.06. The summed E-state index contributed by atoms with van der Waals surface area (Å²) in [5.41, 5.74) is 0. The van der Waals surface area contributed by atoms with Crippen LogP contribution >= 0.6 is 0 Å². The van der Waals surface area contributed by atoms with Crippen LogP contribution in [0.15, 0.2) is 16.5 Å². The fourth-order valence-corrected chi connectivity index (χ4v) is 1.97. The molecule has 88 valence electrons. The van der Waals surface area contributed by atoms with Crippen molar-refractivity contribution >= 4 is 12.2 Å². The van der Waals surface area contributed by atoms with Crippen molar-refractivity contribution in [1.29, 1.82) is 0 Å². The van der Waals surface area contributed by atoms with E-state index in [0.29, 0.717) is 18.1 Å². The van der Waals surface area contributed by atoms with E-state index in [0.717, 1.165) is 18.8 Å². The molecular formula is C12H17NO3. The second-order valence-electron chi connectivity index (χ2n) is 4.15. The van der Waals surface area contributed by atoms with E-state index in [2.05, 4.69) is 4.90 Å². The normalized spacial score (nSPS) is 15.8. The Morgan fingerprint density at radius 2 is 2.31 bits per heavy atom. The minimum atomic E-state index is 0.185. The maximum atomic E-state index is 10.6. The minimum absolute atomic E-state index is 0.185. The van der Waals surface area contributed by atoms with Crippen LogP contribution in [-0.2, 0) is 0 Å². The topological polar surface area (TPSA) is 53.7 Å². The Morgan fingerprint density at radius 3 is 2.81 bits per heavy atom. The highest BCUT2D eigenvalue weighted by atomic mass is 16.4. The van der Waals surface area contributed by atoms with E-state index in [1.165, 1.54) is 19.3 Å². The molecule has 2 rings (SSSR count). The summed E-state index contributed by atoms with van der Waals surface area (Å²) in [5, 5.41) is 8.87. The van der Waals surface area contributed by atoms with E-state index in [1.807, 2.05) is 6.07 Å². The number of aldehydes is 1. The summed E-state index contributed by atoms with van der Waals surface area (Å²) in [5.74, 6) is 1.11. The van der Waals surface area contributed by atoms with Gasteiger partial charge in [-0.1, -0.05) is 0 Å². The Labute approximate surface area is 94.9 Å². The van der Waals surface area contributed by atoms with E-state index in [4.69, 9.17) is 9.52 Å². The summed E-state index contributed by atoms with van der Waals surface area (Å²) >= 11 is 0. The van der Waals surface area contributed by atoms with Gasteiger partial charge < -0.3 is 14.4 Å². The van der Waals surface area contributed by atoms with Gasteiger partial charge in [0.2, 0.25) is 0 Å². The molecule has 1 saturated carbocycles. The summed E-state index contributed by atoms with van der Waals surface area (Å²) in [6.07, 6.45) is 5.04. The van der Waals surface area contributed by atoms with Crippen LogP contribution in [0.5, 0.6) is 0 Å². The molecule has 1 fully saturated rings. The lowest BCUT2D eigenvalue weighted by Crippen LogP contribution is -2.40. The van der Waals surface area contributed by atoms with Crippen molar-refractivity contribution in [2.24, 2.45) is 0 Å². The number of hydrogen-bond donors (Lipinski definition) is 1. The fraction of sp³-hybridized carbons (Fsp3) is 0.583. The van der Waals surface area contributed by atoms with Gasteiger partial charge in [0.1, 0.15) is 0 Å². The molecular weight excluding hydrogens is 206 g/mol. The first-order valence-electron chi connectivity index (χ1n) is 5.77. The lowest BCUT2D eigenvalue weighted by atomic mass is 9.91. The Kier molecular flexibility index (Phi) is 3.62. The zero-order valence-electron chi connectivity index (χ0n) is 9.26. The molecule has 0 bridgehead atoms. The molecule has 0 aromatic carbocycles. The second-order valence-corrected chi connectivity index (χ2v) is 4.15. The van der Waals surface area contributed by atoms with E-state index >= 15 is 0 Å². The van der Waals surface area contributed by atoms with Crippen molar-refractivity contribution in [2.45, 2.75) is 31.7 Å². The molecule has 0 unspecified atom stereocenters. The van der Waals surface area contributed by atoms with Gasteiger partial charge in [-0.3, -0.25) is 4.79 Å². The molecule has 1 aromatic rings. The third-order valence-corrected chi connectivity index (χ3v) is 3.08. The number of carbonyl (C=O) groups is 1. The predicted molar refractivity (Wildman–Crippen MR) is 60.8 cm³/mol. The highest BCUT2D eigenvalue weighted by Crippen LogP contribution is 2.30. The van der Waals surface area contributed by atoms with Gasteiger partial charge in [0, 0.05) is 25.3 Å². The molecule has 0 saturated heterocycles. The molecule has 0 radical (unpaired) electrons. The number of hydrogen-bond acceptors (Lipinski definition) is 4. The van der Waals surface area contributed by atoms with E-state index < -0.39 is 0 Å². The smallest absolute Gasteiger partial charge is 0.196 e. The van der Waals surface area contributed by atoms with Crippen LogP contribution in [0.2, 0.25) is 0 Å². The van der Waals surface area contributed by atoms with Gasteiger partial charge in [-0.2, -0.15) is 0 Å². The summed E-state index contributed by atoms with van der Waals surface area (Å²) in [7, 11) is 0. The highest BCUT2D eigenvalue weighted by molar-refractivity contribution is 5.71. The van der Waals surface area contributed by atoms with Crippen molar-refractivity contribution in [2.75, 3.05) is 18.1 Å². The number of nitrogens with zero attached hydrogens (tertiary/aromatic N) is 1. The van der Waals surface area contributed by atoms with Crippen LogP contribution in [0.3, 0.4) is 0 Å². The van der Waals surface area contributed by atoms with Gasteiger partial charge >= 0.3 is 0 Å². The van der Waals surface area contributed by atoms with Crippen LogP contribution in [0, 0.1) is 0 Å². The van der Waals surface area contributed by atoms with Crippen molar-refractivity contribution < 1.29 is 14.3 Å². The molecule has 1 aliphatic rings. The Morgan fingerprint density at radius 1 is 1.50 bits per heavy atom. The first kappa shape index (κ1) is 11.2. The largest absolute Gasteiger partial charge is 0.438 e. The van der Waals surface area contributed by atoms with E-state index in [1.54, 1.807) is 6.07 Å². The average molecular weight is 223 g/mol. The zero-order valence-corrected chi connectivity index (χ0v) is 9.26. The van der Waals surface area contributed by atoms with Crippen molar-refractivity contribution in [1.82, 2.24) is 0 Å². The maximum Gasteiger partial charge on any atom is 0.196 e. The van der Waals surface area contributed by atoms with Gasteiger partial charge in [-0.05, 0) is 31.7 Å². The number of carbonyl (C=O) groups excluding carboxylic acids is 1. The molecule has 0 aliphatic heterocycles. The van der Waals surface area contributed by atoms with Crippen molar-refractivity contribution in [3.63, 3.8) is 0 Å². The predicted octanol–water partition coefficient (Wildman–Crippen LogP) is 1.83. The molecule has 4 heteroatoms. The summed E-state index contributed by atoms with van der Waals surface area (Å²) < 4.78 is 5.43. The number of furan rings is 1. The molecule has 0 amide bonds.